The standard InChI is InChI=1S/C12H13NO3S/c1-12(2,11(14)15)17-7-10-13-8-5-3-4-6-9(8)16-10/h3-6H,7H2,1-2H3,(H,14,15). The largest absolute Gasteiger partial charge is 0.480 e. The Bertz CT molecular complexity index is 514. The highest BCUT2D eigenvalue weighted by Crippen LogP contribution is 2.29. The Hall–Kier alpha value is -1.49. The third-order valence-electron chi connectivity index (χ3n) is 2.41. The van der Waals surface area contributed by atoms with Gasteiger partial charge in [-0.05, 0) is 26.0 Å². The van der Waals surface area contributed by atoms with Gasteiger partial charge in [0.25, 0.3) is 0 Å². The van der Waals surface area contributed by atoms with Crippen molar-refractivity contribution in [2.45, 2.75) is 24.3 Å². The third kappa shape index (κ3) is 2.61. The van der Waals surface area contributed by atoms with Gasteiger partial charge in [0.05, 0.1) is 5.75 Å². The van der Waals surface area contributed by atoms with Crippen LogP contribution in [-0.4, -0.2) is 20.8 Å². The summed E-state index contributed by atoms with van der Waals surface area (Å²) in [6, 6.07) is 7.49. The van der Waals surface area contributed by atoms with Crippen LogP contribution in [0.5, 0.6) is 0 Å². The molecule has 0 saturated heterocycles. The first-order chi connectivity index (χ1) is 7.99. The van der Waals surface area contributed by atoms with Gasteiger partial charge in [0.2, 0.25) is 5.89 Å². The second kappa shape index (κ2) is 4.41. The number of para-hydroxylation sites is 2. The Labute approximate surface area is 103 Å². The van der Waals surface area contributed by atoms with Crippen LogP contribution in [0.1, 0.15) is 19.7 Å². The van der Waals surface area contributed by atoms with Gasteiger partial charge in [-0.15, -0.1) is 11.8 Å². The van der Waals surface area contributed by atoms with Crippen LogP contribution >= 0.6 is 11.8 Å². The SMILES string of the molecule is CC(C)(SCc1nc2ccccc2o1)C(=O)O. The molecular weight excluding hydrogens is 238 g/mol. The Kier molecular flexibility index (Phi) is 3.11. The molecule has 17 heavy (non-hydrogen) atoms. The molecular formula is C12H13NO3S. The summed E-state index contributed by atoms with van der Waals surface area (Å²) < 4.78 is 4.69. The van der Waals surface area contributed by atoms with Crippen molar-refractivity contribution < 1.29 is 14.3 Å². The normalized spacial score (nSPS) is 11.9. The van der Waals surface area contributed by atoms with Crippen LogP contribution in [0.15, 0.2) is 28.7 Å². The predicted molar refractivity (Wildman–Crippen MR) is 67.0 cm³/mol. The van der Waals surface area contributed by atoms with Crippen LogP contribution in [-0.2, 0) is 10.5 Å². The van der Waals surface area contributed by atoms with Gasteiger partial charge in [0, 0.05) is 0 Å². The van der Waals surface area contributed by atoms with Crippen molar-refractivity contribution in [3.63, 3.8) is 0 Å². The first kappa shape index (κ1) is 12.0. The number of rotatable bonds is 4. The maximum atomic E-state index is 10.9. The molecule has 0 atom stereocenters. The van der Waals surface area contributed by atoms with Gasteiger partial charge in [-0.2, -0.15) is 0 Å². The molecule has 0 aliphatic carbocycles. The minimum atomic E-state index is -0.835. The van der Waals surface area contributed by atoms with E-state index in [1.807, 2.05) is 24.3 Å². The monoisotopic (exact) mass is 251 g/mol. The van der Waals surface area contributed by atoms with Crippen molar-refractivity contribution in [3.05, 3.63) is 30.2 Å². The Balaban J connectivity index is 2.12. The fourth-order valence-corrected chi connectivity index (χ4v) is 2.02. The van der Waals surface area contributed by atoms with Gasteiger partial charge >= 0.3 is 5.97 Å². The lowest BCUT2D eigenvalue weighted by Gasteiger charge is -2.16. The van der Waals surface area contributed by atoms with Gasteiger partial charge in [0.15, 0.2) is 5.58 Å². The summed E-state index contributed by atoms with van der Waals surface area (Å²) in [5.41, 5.74) is 1.53. The number of aliphatic carboxylic acids is 1. The highest BCUT2D eigenvalue weighted by atomic mass is 32.2. The lowest BCUT2D eigenvalue weighted by Crippen LogP contribution is -2.27. The summed E-state index contributed by atoms with van der Waals surface area (Å²) in [4.78, 5) is 15.2. The summed E-state index contributed by atoms with van der Waals surface area (Å²) >= 11 is 1.30. The van der Waals surface area contributed by atoms with E-state index >= 15 is 0 Å². The quantitative estimate of drug-likeness (QED) is 0.905. The van der Waals surface area contributed by atoms with E-state index in [4.69, 9.17) is 9.52 Å². The molecule has 0 saturated carbocycles. The molecule has 5 heteroatoms. The number of hydrogen-bond acceptors (Lipinski definition) is 4. The molecule has 0 amide bonds. The van der Waals surface area contributed by atoms with Gasteiger partial charge in [-0.3, -0.25) is 4.79 Å². The van der Waals surface area contributed by atoms with E-state index in [1.165, 1.54) is 11.8 Å². The van der Waals surface area contributed by atoms with Crippen molar-refractivity contribution >= 4 is 28.8 Å². The maximum absolute atomic E-state index is 10.9. The van der Waals surface area contributed by atoms with Crippen LogP contribution in [0.2, 0.25) is 0 Å². The number of thioether (sulfide) groups is 1. The number of hydrogen-bond donors (Lipinski definition) is 1. The third-order valence-corrected chi connectivity index (χ3v) is 3.70. The number of benzene rings is 1. The molecule has 1 aromatic carbocycles. The lowest BCUT2D eigenvalue weighted by molar-refractivity contribution is -0.138. The molecule has 0 radical (unpaired) electrons. The van der Waals surface area contributed by atoms with E-state index in [1.54, 1.807) is 13.8 Å². The zero-order chi connectivity index (χ0) is 12.5. The minimum absolute atomic E-state index is 0.452. The molecule has 0 aliphatic heterocycles. The summed E-state index contributed by atoms with van der Waals surface area (Å²) in [6.45, 7) is 3.34. The van der Waals surface area contributed by atoms with Gasteiger partial charge in [-0.25, -0.2) is 4.98 Å². The van der Waals surface area contributed by atoms with Crippen LogP contribution in [0.4, 0.5) is 0 Å². The van der Waals surface area contributed by atoms with Crippen molar-refractivity contribution in [1.29, 1.82) is 0 Å². The molecule has 0 bridgehead atoms. The number of aromatic nitrogens is 1. The van der Waals surface area contributed by atoms with E-state index in [2.05, 4.69) is 4.98 Å². The highest BCUT2D eigenvalue weighted by Gasteiger charge is 2.28. The maximum Gasteiger partial charge on any atom is 0.319 e. The number of carboxylic acid groups (broad SMARTS) is 1. The Morgan fingerprint density at radius 3 is 2.82 bits per heavy atom. The molecule has 1 heterocycles. The first-order valence-electron chi connectivity index (χ1n) is 5.21. The minimum Gasteiger partial charge on any atom is -0.480 e. The van der Waals surface area contributed by atoms with Gasteiger partial charge < -0.3 is 9.52 Å². The van der Waals surface area contributed by atoms with E-state index in [9.17, 15) is 4.79 Å². The van der Waals surface area contributed by atoms with Gasteiger partial charge in [-0.1, -0.05) is 12.1 Å². The number of fused-ring (bicyclic) bond motifs is 1. The van der Waals surface area contributed by atoms with E-state index < -0.39 is 10.7 Å². The van der Waals surface area contributed by atoms with Gasteiger partial charge in [0.1, 0.15) is 10.3 Å². The molecule has 0 aliphatic rings. The Morgan fingerprint density at radius 1 is 1.47 bits per heavy atom. The van der Waals surface area contributed by atoms with Crippen molar-refractivity contribution in [3.8, 4) is 0 Å². The van der Waals surface area contributed by atoms with Crippen molar-refractivity contribution in [2.24, 2.45) is 0 Å². The average Bonchev–Trinajstić information content (AvgIpc) is 2.69. The average molecular weight is 251 g/mol. The lowest BCUT2D eigenvalue weighted by atomic mass is 10.2. The predicted octanol–water partition coefficient (Wildman–Crippen LogP) is 2.92. The van der Waals surface area contributed by atoms with E-state index in [-0.39, 0.29) is 0 Å². The molecule has 0 fully saturated rings. The summed E-state index contributed by atoms with van der Waals surface area (Å²) in [6.07, 6.45) is 0. The fraction of sp³-hybridized carbons (Fsp3) is 0.333. The van der Waals surface area contributed by atoms with Crippen LogP contribution < -0.4 is 0 Å². The fourth-order valence-electron chi connectivity index (χ4n) is 1.29. The second-order valence-corrected chi connectivity index (χ2v) is 5.78. The van der Waals surface area contributed by atoms with E-state index in [0.717, 1.165) is 11.1 Å². The van der Waals surface area contributed by atoms with Crippen molar-refractivity contribution in [2.75, 3.05) is 0 Å². The summed E-state index contributed by atoms with van der Waals surface area (Å²) in [5, 5.41) is 8.99. The first-order valence-corrected chi connectivity index (χ1v) is 6.19. The number of carboxylic acids is 1. The Morgan fingerprint density at radius 2 is 2.18 bits per heavy atom. The number of carbonyl (C=O) groups is 1. The smallest absolute Gasteiger partial charge is 0.319 e. The second-order valence-electron chi connectivity index (χ2n) is 4.18. The topological polar surface area (TPSA) is 63.3 Å². The zero-order valence-corrected chi connectivity index (χ0v) is 10.5. The molecule has 0 unspecified atom stereocenters. The molecule has 2 aromatic rings. The molecule has 4 nitrogen and oxygen atoms in total. The van der Waals surface area contributed by atoms with Crippen LogP contribution in [0.25, 0.3) is 11.1 Å². The van der Waals surface area contributed by atoms with E-state index in [0.29, 0.717) is 11.6 Å². The summed E-state index contributed by atoms with van der Waals surface area (Å²) in [7, 11) is 0. The number of oxazole rings is 1. The highest BCUT2D eigenvalue weighted by molar-refractivity contribution is 8.00. The molecule has 0 spiro atoms. The zero-order valence-electron chi connectivity index (χ0n) is 9.64. The summed E-state index contributed by atoms with van der Waals surface area (Å²) in [5.74, 6) is 0.178. The molecule has 2 rings (SSSR count). The number of nitrogens with zero attached hydrogens (tertiary/aromatic N) is 1. The molecule has 1 aromatic heterocycles. The molecule has 90 valence electrons. The molecule has 1 N–H and O–H groups in total. The van der Waals surface area contributed by atoms with Crippen molar-refractivity contribution in [1.82, 2.24) is 4.98 Å². The van der Waals surface area contributed by atoms with Crippen LogP contribution in [0, 0.1) is 0 Å². The van der Waals surface area contributed by atoms with Crippen LogP contribution in [0.3, 0.4) is 0 Å².